The molecule has 0 heterocycles. The second kappa shape index (κ2) is 6.47. The lowest BCUT2D eigenvalue weighted by molar-refractivity contribution is -0.384. The Morgan fingerprint density at radius 1 is 1.14 bits per heavy atom. The third-order valence-electron chi connectivity index (χ3n) is 2.82. The van der Waals surface area contributed by atoms with Gasteiger partial charge < -0.3 is 4.74 Å². The highest BCUT2D eigenvalue weighted by atomic mass is 16.6. The Labute approximate surface area is 121 Å². The minimum absolute atomic E-state index is 0.00892. The zero-order valence-electron chi connectivity index (χ0n) is 11.4. The Balaban J connectivity index is 2.02. The van der Waals surface area contributed by atoms with Gasteiger partial charge in [0.15, 0.2) is 0 Å². The Kier molecular flexibility index (Phi) is 4.46. The maximum Gasteiger partial charge on any atom is 0.336 e. The smallest absolute Gasteiger partial charge is 0.336 e. The molecule has 0 saturated heterocycles. The van der Waals surface area contributed by atoms with Crippen molar-refractivity contribution in [1.29, 1.82) is 0 Å². The summed E-state index contributed by atoms with van der Waals surface area (Å²) in [7, 11) is 0. The molecule has 0 aromatic heterocycles. The minimum atomic E-state index is -0.498. The van der Waals surface area contributed by atoms with Gasteiger partial charge in [-0.15, -0.1) is 0 Å². The molecule has 106 valence electrons. The number of esters is 1. The topological polar surface area (TPSA) is 69.4 Å². The summed E-state index contributed by atoms with van der Waals surface area (Å²) in [6.07, 6.45) is 2.83. The van der Waals surface area contributed by atoms with E-state index in [0.717, 1.165) is 5.56 Å². The lowest BCUT2D eigenvalue weighted by Gasteiger charge is -2.03. The van der Waals surface area contributed by atoms with E-state index in [1.54, 1.807) is 30.3 Å². The van der Waals surface area contributed by atoms with Crippen LogP contribution < -0.4 is 4.74 Å². The largest absolute Gasteiger partial charge is 0.423 e. The van der Waals surface area contributed by atoms with Gasteiger partial charge in [-0.3, -0.25) is 10.1 Å². The molecule has 0 N–H and O–H groups in total. The van der Waals surface area contributed by atoms with Crippen LogP contribution in [0.2, 0.25) is 0 Å². The van der Waals surface area contributed by atoms with E-state index in [1.165, 1.54) is 18.2 Å². The summed E-state index contributed by atoms with van der Waals surface area (Å²) in [5, 5.41) is 10.5. The quantitative estimate of drug-likeness (QED) is 0.283. The monoisotopic (exact) mass is 283 g/mol. The van der Waals surface area contributed by atoms with Gasteiger partial charge in [0.1, 0.15) is 5.75 Å². The van der Waals surface area contributed by atoms with Crippen molar-refractivity contribution in [3.63, 3.8) is 0 Å². The zero-order valence-corrected chi connectivity index (χ0v) is 11.4. The van der Waals surface area contributed by atoms with E-state index in [1.807, 2.05) is 19.1 Å². The average molecular weight is 283 g/mol. The first-order chi connectivity index (χ1) is 10.1. The van der Waals surface area contributed by atoms with Crippen LogP contribution in [-0.2, 0) is 4.79 Å². The van der Waals surface area contributed by atoms with Gasteiger partial charge in [0.2, 0.25) is 0 Å². The number of nitro benzene ring substituents is 1. The first-order valence-corrected chi connectivity index (χ1v) is 6.26. The summed E-state index contributed by atoms with van der Waals surface area (Å²) in [6.45, 7) is 1.85. The molecule has 2 aromatic carbocycles. The van der Waals surface area contributed by atoms with Crippen molar-refractivity contribution in [2.45, 2.75) is 6.92 Å². The Morgan fingerprint density at radius 2 is 1.81 bits per heavy atom. The van der Waals surface area contributed by atoms with Crippen molar-refractivity contribution in [3.05, 3.63) is 75.8 Å². The van der Waals surface area contributed by atoms with Crippen LogP contribution in [0.15, 0.2) is 54.6 Å². The molecule has 5 heteroatoms. The second-order valence-corrected chi connectivity index (χ2v) is 4.37. The van der Waals surface area contributed by atoms with E-state index in [9.17, 15) is 14.9 Å². The Hall–Kier alpha value is -2.95. The molecule has 0 fully saturated rings. The molecule has 5 nitrogen and oxygen atoms in total. The molecule has 0 aliphatic heterocycles. The molecule has 0 bridgehead atoms. The summed E-state index contributed by atoms with van der Waals surface area (Å²) >= 11 is 0. The first kappa shape index (κ1) is 14.5. The molecule has 2 rings (SSSR count). The van der Waals surface area contributed by atoms with Crippen molar-refractivity contribution in [2.75, 3.05) is 0 Å². The summed E-state index contributed by atoms with van der Waals surface area (Å²) in [5.41, 5.74) is 1.56. The molecule has 0 unspecified atom stereocenters. The van der Waals surface area contributed by atoms with Crippen LogP contribution in [-0.4, -0.2) is 10.9 Å². The predicted molar refractivity (Wildman–Crippen MR) is 78.9 cm³/mol. The maximum atomic E-state index is 11.7. The Morgan fingerprint density at radius 3 is 2.43 bits per heavy atom. The summed E-state index contributed by atoms with van der Waals surface area (Å²) in [5.74, 6) is 0.0125. The highest BCUT2D eigenvalue weighted by molar-refractivity contribution is 5.88. The molecule has 0 radical (unpaired) electrons. The van der Waals surface area contributed by atoms with E-state index >= 15 is 0 Å². The molecule has 0 atom stereocenters. The number of nitrogens with zero attached hydrogens (tertiary/aromatic N) is 1. The highest BCUT2D eigenvalue weighted by Gasteiger charge is 2.04. The minimum Gasteiger partial charge on any atom is -0.423 e. The first-order valence-electron chi connectivity index (χ1n) is 6.26. The molecule has 0 aliphatic rings. The van der Waals surface area contributed by atoms with Gasteiger partial charge in [0.05, 0.1) is 4.92 Å². The third-order valence-corrected chi connectivity index (χ3v) is 2.82. The van der Waals surface area contributed by atoms with Crippen molar-refractivity contribution in [3.8, 4) is 5.75 Å². The number of nitro groups is 1. The number of para-hydroxylation sites is 1. The van der Waals surface area contributed by atoms with E-state index < -0.39 is 10.9 Å². The molecule has 0 aliphatic carbocycles. The van der Waals surface area contributed by atoms with Crippen LogP contribution in [0.5, 0.6) is 5.75 Å². The van der Waals surface area contributed by atoms with Crippen LogP contribution >= 0.6 is 0 Å². The number of carbonyl (C=O) groups is 1. The Bertz CT molecular complexity index is 690. The van der Waals surface area contributed by atoms with Crippen molar-refractivity contribution in [2.24, 2.45) is 0 Å². The van der Waals surface area contributed by atoms with Gasteiger partial charge in [0, 0.05) is 18.2 Å². The van der Waals surface area contributed by atoms with Gasteiger partial charge in [-0.25, -0.2) is 4.79 Å². The SMILES string of the molecule is Cc1ccccc1OC(=O)/C=C/c1ccc([N+](=O)[O-])cc1. The predicted octanol–water partition coefficient (Wildman–Crippen LogP) is 3.52. The molecule has 0 amide bonds. The number of ether oxygens (including phenoxy) is 1. The number of non-ortho nitro benzene ring substituents is 1. The van der Waals surface area contributed by atoms with Crippen LogP contribution in [0.3, 0.4) is 0 Å². The molecule has 0 saturated carbocycles. The highest BCUT2D eigenvalue weighted by Crippen LogP contribution is 2.17. The maximum absolute atomic E-state index is 11.7. The fourth-order valence-electron chi connectivity index (χ4n) is 1.68. The number of aryl methyl sites for hydroxylation is 1. The molecule has 2 aromatic rings. The number of hydrogen-bond donors (Lipinski definition) is 0. The van der Waals surface area contributed by atoms with Crippen molar-refractivity contribution >= 4 is 17.7 Å². The number of rotatable bonds is 4. The fourth-order valence-corrected chi connectivity index (χ4v) is 1.68. The van der Waals surface area contributed by atoms with E-state index in [-0.39, 0.29) is 5.69 Å². The average Bonchev–Trinajstić information content (AvgIpc) is 2.48. The number of carbonyl (C=O) groups excluding carboxylic acids is 1. The number of hydrogen-bond acceptors (Lipinski definition) is 4. The van der Waals surface area contributed by atoms with Crippen molar-refractivity contribution < 1.29 is 14.5 Å². The van der Waals surface area contributed by atoms with Gasteiger partial charge in [0.25, 0.3) is 5.69 Å². The summed E-state index contributed by atoms with van der Waals surface area (Å²) in [4.78, 5) is 21.8. The number of benzene rings is 2. The normalized spacial score (nSPS) is 10.5. The van der Waals surface area contributed by atoms with Crippen molar-refractivity contribution in [1.82, 2.24) is 0 Å². The van der Waals surface area contributed by atoms with Gasteiger partial charge in [-0.1, -0.05) is 18.2 Å². The van der Waals surface area contributed by atoms with Gasteiger partial charge >= 0.3 is 5.97 Å². The van der Waals surface area contributed by atoms with E-state index in [0.29, 0.717) is 11.3 Å². The summed E-state index contributed by atoms with van der Waals surface area (Å²) < 4.78 is 5.19. The van der Waals surface area contributed by atoms with E-state index in [2.05, 4.69) is 0 Å². The zero-order chi connectivity index (χ0) is 15.2. The van der Waals surface area contributed by atoms with E-state index in [4.69, 9.17) is 4.74 Å². The van der Waals surface area contributed by atoms with Crippen LogP contribution in [0.4, 0.5) is 5.69 Å². The standard InChI is InChI=1S/C16H13NO4/c1-12-4-2-3-5-15(12)21-16(18)11-8-13-6-9-14(10-7-13)17(19)20/h2-11H,1H3/b11-8+. The molecule has 21 heavy (non-hydrogen) atoms. The van der Waals surface area contributed by atoms with Crippen LogP contribution in [0.25, 0.3) is 6.08 Å². The summed E-state index contributed by atoms with van der Waals surface area (Å²) in [6, 6.07) is 13.1. The van der Waals surface area contributed by atoms with Crippen LogP contribution in [0.1, 0.15) is 11.1 Å². The van der Waals surface area contributed by atoms with Gasteiger partial charge in [-0.05, 0) is 42.3 Å². The second-order valence-electron chi connectivity index (χ2n) is 4.37. The lowest BCUT2D eigenvalue weighted by atomic mass is 10.2. The van der Waals surface area contributed by atoms with Gasteiger partial charge in [-0.2, -0.15) is 0 Å². The van der Waals surface area contributed by atoms with Crippen LogP contribution in [0, 0.1) is 17.0 Å². The third kappa shape index (κ3) is 4.01. The fraction of sp³-hybridized carbons (Fsp3) is 0.0625. The molecular weight excluding hydrogens is 270 g/mol. The molecular formula is C16H13NO4. The molecule has 0 spiro atoms. The lowest BCUT2D eigenvalue weighted by Crippen LogP contribution is -2.04.